The van der Waals surface area contributed by atoms with Crippen molar-refractivity contribution in [3.63, 3.8) is 0 Å². The van der Waals surface area contributed by atoms with Gasteiger partial charge in [-0.15, -0.1) is 0 Å². The van der Waals surface area contributed by atoms with Gasteiger partial charge < -0.3 is 9.84 Å². The molecule has 98 valence electrons. The molecule has 1 heterocycles. The van der Waals surface area contributed by atoms with Crippen LogP contribution in [-0.2, 0) is 9.53 Å². The summed E-state index contributed by atoms with van der Waals surface area (Å²) in [5.74, 6) is -0.916. The third-order valence-electron chi connectivity index (χ3n) is 3.76. The molecular formula is C15H20O3. The molecule has 0 spiro atoms. The Hall–Kier alpha value is -1.35. The summed E-state index contributed by atoms with van der Waals surface area (Å²) in [5.41, 5.74) is 3.21. The highest BCUT2D eigenvalue weighted by molar-refractivity contribution is 5.77. The zero-order valence-electron chi connectivity index (χ0n) is 11.0. The lowest BCUT2D eigenvalue weighted by molar-refractivity contribution is -0.141. The van der Waals surface area contributed by atoms with E-state index in [9.17, 15) is 9.90 Å². The number of carboxylic acids is 1. The van der Waals surface area contributed by atoms with Crippen LogP contribution in [0.2, 0.25) is 0 Å². The molecule has 0 amide bonds. The fraction of sp³-hybridized carbons (Fsp3) is 0.533. The molecule has 0 radical (unpaired) electrons. The van der Waals surface area contributed by atoms with Crippen LogP contribution in [0.5, 0.6) is 0 Å². The quantitative estimate of drug-likeness (QED) is 0.894. The molecule has 0 aliphatic carbocycles. The SMILES string of the molecule is Cc1ccc(C(C(=O)O)C2CCOCC2)c(C)c1. The molecule has 1 aromatic rings. The van der Waals surface area contributed by atoms with Gasteiger partial charge in [-0.3, -0.25) is 4.79 Å². The second-order valence-corrected chi connectivity index (χ2v) is 5.13. The van der Waals surface area contributed by atoms with Gasteiger partial charge in [0.05, 0.1) is 5.92 Å². The summed E-state index contributed by atoms with van der Waals surface area (Å²) in [5, 5.41) is 9.53. The van der Waals surface area contributed by atoms with Gasteiger partial charge in [0.25, 0.3) is 0 Å². The molecule has 3 nitrogen and oxygen atoms in total. The van der Waals surface area contributed by atoms with Crippen molar-refractivity contribution in [2.45, 2.75) is 32.6 Å². The summed E-state index contributed by atoms with van der Waals surface area (Å²) in [6, 6.07) is 6.03. The van der Waals surface area contributed by atoms with Crippen LogP contribution in [0.15, 0.2) is 18.2 Å². The Morgan fingerprint density at radius 1 is 1.33 bits per heavy atom. The van der Waals surface area contributed by atoms with Crippen LogP contribution in [0.3, 0.4) is 0 Å². The number of aliphatic carboxylic acids is 1. The topological polar surface area (TPSA) is 46.5 Å². The number of benzene rings is 1. The highest BCUT2D eigenvalue weighted by atomic mass is 16.5. The molecule has 1 aliphatic rings. The Bertz CT molecular complexity index is 433. The van der Waals surface area contributed by atoms with E-state index in [-0.39, 0.29) is 5.92 Å². The fourth-order valence-corrected chi connectivity index (χ4v) is 2.81. The smallest absolute Gasteiger partial charge is 0.311 e. The molecule has 1 atom stereocenters. The van der Waals surface area contributed by atoms with Crippen molar-refractivity contribution in [1.29, 1.82) is 0 Å². The van der Waals surface area contributed by atoms with E-state index in [4.69, 9.17) is 4.74 Å². The summed E-state index contributed by atoms with van der Waals surface area (Å²) < 4.78 is 5.32. The van der Waals surface area contributed by atoms with Crippen molar-refractivity contribution < 1.29 is 14.6 Å². The molecule has 1 N–H and O–H groups in total. The molecule has 1 aromatic carbocycles. The maximum absolute atomic E-state index is 11.6. The highest BCUT2D eigenvalue weighted by Crippen LogP contribution is 2.34. The van der Waals surface area contributed by atoms with Gasteiger partial charge in [-0.2, -0.15) is 0 Å². The number of hydrogen-bond acceptors (Lipinski definition) is 2. The lowest BCUT2D eigenvalue weighted by atomic mass is 9.79. The normalized spacial score (nSPS) is 18.6. The number of rotatable bonds is 3. The first kappa shape index (κ1) is 13.1. The van der Waals surface area contributed by atoms with E-state index in [1.165, 1.54) is 5.56 Å². The molecule has 1 unspecified atom stereocenters. The predicted octanol–water partition coefficient (Wildman–Crippen LogP) is 2.90. The van der Waals surface area contributed by atoms with E-state index in [2.05, 4.69) is 6.07 Å². The molecule has 3 heteroatoms. The zero-order chi connectivity index (χ0) is 13.1. The van der Waals surface area contributed by atoms with E-state index in [1.54, 1.807) is 0 Å². The molecular weight excluding hydrogens is 228 g/mol. The van der Waals surface area contributed by atoms with Gasteiger partial charge in [-0.25, -0.2) is 0 Å². The Morgan fingerprint density at radius 2 is 2.00 bits per heavy atom. The first-order valence-electron chi connectivity index (χ1n) is 6.47. The van der Waals surface area contributed by atoms with Crippen LogP contribution in [0, 0.1) is 19.8 Å². The summed E-state index contributed by atoms with van der Waals surface area (Å²) in [6.45, 7) is 5.39. The first-order chi connectivity index (χ1) is 8.59. The van der Waals surface area contributed by atoms with Crippen LogP contribution in [0.1, 0.15) is 35.4 Å². The number of hydrogen-bond donors (Lipinski definition) is 1. The summed E-state index contributed by atoms with van der Waals surface area (Å²) in [4.78, 5) is 11.6. The minimum Gasteiger partial charge on any atom is -0.481 e. The van der Waals surface area contributed by atoms with Crippen molar-refractivity contribution in [2.75, 3.05) is 13.2 Å². The molecule has 0 bridgehead atoms. The molecule has 0 saturated carbocycles. The maximum Gasteiger partial charge on any atom is 0.311 e. The molecule has 1 saturated heterocycles. The van der Waals surface area contributed by atoms with E-state index in [0.717, 1.165) is 24.0 Å². The van der Waals surface area contributed by atoms with Crippen molar-refractivity contribution in [2.24, 2.45) is 5.92 Å². The number of carbonyl (C=O) groups is 1. The Labute approximate surface area is 108 Å². The molecule has 1 fully saturated rings. The lowest BCUT2D eigenvalue weighted by Gasteiger charge is -2.28. The first-order valence-corrected chi connectivity index (χ1v) is 6.47. The van der Waals surface area contributed by atoms with E-state index < -0.39 is 11.9 Å². The fourth-order valence-electron chi connectivity index (χ4n) is 2.81. The zero-order valence-corrected chi connectivity index (χ0v) is 11.0. The van der Waals surface area contributed by atoms with Gasteiger partial charge in [-0.05, 0) is 43.7 Å². The largest absolute Gasteiger partial charge is 0.481 e. The minimum atomic E-state index is -0.714. The van der Waals surface area contributed by atoms with Crippen molar-refractivity contribution in [1.82, 2.24) is 0 Å². The van der Waals surface area contributed by atoms with Gasteiger partial charge in [0, 0.05) is 13.2 Å². The highest BCUT2D eigenvalue weighted by Gasteiger charge is 2.31. The molecule has 2 rings (SSSR count). The number of aryl methyl sites for hydroxylation is 2. The van der Waals surface area contributed by atoms with Crippen LogP contribution < -0.4 is 0 Å². The molecule has 1 aliphatic heterocycles. The summed E-state index contributed by atoms with van der Waals surface area (Å²) in [7, 11) is 0. The number of carboxylic acid groups (broad SMARTS) is 1. The van der Waals surface area contributed by atoms with Gasteiger partial charge >= 0.3 is 5.97 Å². The van der Waals surface area contributed by atoms with Crippen LogP contribution in [-0.4, -0.2) is 24.3 Å². The molecule has 18 heavy (non-hydrogen) atoms. The Kier molecular flexibility index (Phi) is 4.02. The minimum absolute atomic E-state index is 0.192. The average molecular weight is 248 g/mol. The third-order valence-corrected chi connectivity index (χ3v) is 3.76. The molecule has 0 aromatic heterocycles. The second kappa shape index (κ2) is 5.53. The van der Waals surface area contributed by atoms with Gasteiger partial charge in [0.1, 0.15) is 0 Å². The summed E-state index contributed by atoms with van der Waals surface area (Å²) in [6.07, 6.45) is 1.68. The van der Waals surface area contributed by atoms with Crippen molar-refractivity contribution in [3.05, 3.63) is 34.9 Å². The maximum atomic E-state index is 11.6. The van der Waals surface area contributed by atoms with Crippen molar-refractivity contribution in [3.8, 4) is 0 Å². The Morgan fingerprint density at radius 3 is 2.56 bits per heavy atom. The van der Waals surface area contributed by atoms with Gasteiger partial charge in [-0.1, -0.05) is 23.8 Å². The lowest BCUT2D eigenvalue weighted by Crippen LogP contribution is -2.27. The van der Waals surface area contributed by atoms with Crippen LogP contribution >= 0.6 is 0 Å². The predicted molar refractivity (Wildman–Crippen MR) is 69.8 cm³/mol. The number of ether oxygens (including phenoxy) is 1. The van der Waals surface area contributed by atoms with E-state index >= 15 is 0 Å². The van der Waals surface area contributed by atoms with E-state index in [0.29, 0.717) is 13.2 Å². The average Bonchev–Trinajstić information content (AvgIpc) is 2.33. The summed E-state index contributed by atoms with van der Waals surface area (Å²) >= 11 is 0. The van der Waals surface area contributed by atoms with Crippen molar-refractivity contribution >= 4 is 5.97 Å². The third kappa shape index (κ3) is 2.72. The van der Waals surface area contributed by atoms with E-state index in [1.807, 2.05) is 26.0 Å². The van der Waals surface area contributed by atoms with Crippen LogP contribution in [0.25, 0.3) is 0 Å². The Balaban J connectivity index is 2.31. The monoisotopic (exact) mass is 248 g/mol. The standard InChI is InChI=1S/C15H20O3/c1-10-3-4-13(11(2)9-10)14(15(16)17)12-5-7-18-8-6-12/h3-4,9,12,14H,5-8H2,1-2H3,(H,16,17). The van der Waals surface area contributed by atoms with Gasteiger partial charge in [0.15, 0.2) is 0 Å². The second-order valence-electron chi connectivity index (χ2n) is 5.13. The van der Waals surface area contributed by atoms with Gasteiger partial charge in [0.2, 0.25) is 0 Å². The van der Waals surface area contributed by atoms with Crippen LogP contribution in [0.4, 0.5) is 0 Å².